The summed E-state index contributed by atoms with van der Waals surface area (Å²) < 4.78 is 0. The molecule has 0 aliphatic heterocycles. The first-order valence-corrected chi connectivity index (χ1v) is 5.49. The first kappa shape index (κ1) is 11.7. The zero-order valence-corrected chi connectivity index (χ0v) is 9.58. The minimum absolute atomic E-state index is 0. The average molecular weight is 208 g/mol. The van der Waals surface area contributed by atoms with Crippen LogP contribution in [0, 0.1) is 0 Å². The largest absolute Gasteiger partial charge is 0.354 e. The molecule has 15 heavy (non-hydrogen) atoms. The minimum Gasteiger partial charge on any atom is -0.354 e. The molecule has 3 nitrogen and oxygen atoms in total. The molecule has 0 saturated heterocycles. The summed E-state index contributed by atoms with van der Waals surface area (Å²) >= 11 is 0. The van der Waals surface area contributed by atoms with Crippen LogP contribution in [0.5, 0.6) is 0 Å². The molecule has 0 aromatic carbocycles. The number of nitrogens with zero attached hydrogens (tertiary/aromatic N) is 1. The summed E-state index contributed by atoms with van der Waals surface area (Å²) in [6.45, 7) is 4.00. The van der Waals surface area contributed by atoms with E-state index in [1.165, 1.54) is 18.4 Å². The third-order valence-electron chi connectivity index (χ3n) is 2.29. The SMILES string of the molecule is CC.CNC(=O)c1cc(C2CC2)ccn1.[HH]. The highest BCUT2D eigenvalue weighted by atomic mass is 16.1. The number of carbonyl (C=O) groups excluding carboxylic acids is 1. The Morgan fingerprint density at radius 2 is 2.20 bits per heavy atom. The van der Waals surface area contributed by atoms with Gasteiger partial charge in [-0.05, 0) is 36.5 Å². The quantitative estimate of drug-likeness (QED) is 0.811. The molecule has 2 rings (SSSR count). The second-order valence-electron chi connectivity index (χ2n) is 3.33. The molecule has 3 heteroatoms. The number of carbonyl (C=O) groups is 1. The van der Waals surface area contributed by atoms with E-state index in [-0.39, 0.29) is 7.33 Å². The van der Waals surface area contributed by atoms with E-state index in [2.05, 4.69) is 10.3 Å². The van der Waals surface area contributed by atoms with Crippen LogP contribution in [0.1, 0.15) is 50.1 Å². The number of pyridine rings is 1. The molecule has 1 aromatic heterocycles. The molecule has 1 fully saturated rings. The zero-order chi connectivity index (χ0) is 11.3. The predicted octanol–water partition coefficient (Wildman–Crippen LogP) is 2.59. The molecular weight excluding hydrogens is 188 g/mol. The van der Waals surface area contributed by atoms with Gasteiger partial charge in [0.2, 0.25) is 0 Å². The van der Waals surface area contributed by atoms with Gasteiger partial charge in [0.15, 0.2) is 0 Å². The first-order chi connectivity index (χ1) is 7.31. The molecule has 1 aromatic rings. The fourth-order valence-electron chi connectivity index (χ4n) is 1.37. The highest BCUT2D eigenvalue weighted by Crippen LogP contribution is 2.39. The fraction of sp³-hybridized carbons (Fsp3) is 0.500. The maximum Gasteiger partial charge on any atom is 0.269 e. The predicted molar refractivity (Wildman–Crippen MR) is 63.1 cm³/mol. The van der Waals surface area contributed by atoms with E-state index < -0.39 is 0 Å². The summed E-state index contributed by atoms with van der Waals surface area (Å²) in [4.78, 5) is 15.2. The molecule has 1 aliphatic rings. The van der Waals surface area contributed by atoms with Gasteiger partial charge in [-0.15, -0.1) is 0 Å². The summed E-state index contributed by atoms with van der Waals surface area (Å²) in [5.74, 6) is 0.564. The van der Waals surface area contributed by atoms with Gasteiger partial charge >= 0.3 is 0 Å². The van der Waals surface area contributed by atoms with E-state index in [0.29, 0.717) is 11.6 Å². The number of nitrogens with one attached hydrogen (secondary N) is 1. The molecule has 0 unspecified atom stereocenters. The Hall–Kier alpha value is -1.38. The van der Waals surface area contributed by atoms with Crippen molar-refractivity contribution in [2.45, 2.75) is 32.6 Å². The third kappa shape index (κ3) is 3.05. The molecule has 0 radical (unpaired) electrons. The Labute approximate surface area is 92.4 Å². The Morgan fingerprint density at radius 3 is 2.73 bits per heavy atom. The molecule has 1 saturated carbocycles. The maximum atomic E-state index is 11.2. The lowest BCUT2D eigenvalue weighted by Crippen LogP contribution is -2.19. The van der Waals surface area contributed by atoms with Crippen molar-refractivity contribution in [3.05, 3.63) is 29.6 Å². The lowest BCUT2D eigenvalue weighted by atomic mass is 10.1. The lowest BCUT2D eigenvalue weighted by molar-refractivity contribution is 0.0958. The number of aromatic nitrogens is 1. The number of hydrogen-bond acceptors (Lipinski definition) is 2. The van der Waals surface area contributed by atoms with Gasteiger partial charge in [-0.3, -0.25) is 9.78 Å². The zero-order valence-electron chi connectivity index (χ0n) is 9.58. The van der Waals surface area contributed by atoms with Crippen LogP contribution in [0.25, 0.3) is 0 Å². The first-order valence-electron chi connectivity index (χ1n) is 5.49. The summed E-state index contributed by atoms with van der Waals surface area (Å²) in [7, 11) is 1.62. The second kappa shape index (κ2) is 5.49. The summed E-state index contributed by atoms with van der Waals surface area (Å²) in [6.07, 6.45) is 4.20. The van der Waals surface area contributed by atoms with Gasteiger partial charge in [0, 0.05) is 14.7 Å². The van der Waals surface area contributed by atoms with Gasteiger partial charge in [0.1, 0.15) is 5.69 Å². The van der Waals surface area contributed by atoms with E-state index in [4.69, 9.17) is 0 Å². The van der Waals surface area contributed by atoms with E-state index in [0.717, 1.165) is 0 Å². The van der Waals surface area contributed by atoms with Crippen molar-refractivity contribution in [2.24, 2.45) is 0 Å². The van der Waals surface area contributed by atoms with Gasteiger partial charge < -0.3 is 5.32 Å². The standard InChI is InChI=1S/C10H12N2O.C2H6.H2/c1-11-10(13)9-6-8(4-5-12-9)7-2-3-7;1-2;/h4-7H,2-3H2,1H3,(H,11,13);1-2H3;1H. The topological polar surface area (TPSA) is 42.0 Å². The molecular formula is C12H20N2O. The molecule has 1 heterocycles. The normalized spacial score (nSPS) is 13.8. The summed E-state index contributed by atoms with van der Waals surface area (Å²) in [5, 5.41) is 2.57. The van der Waals surface area contributed by atoms with Crippen molar-refractivity contribution in [3.63, 3.8) is 0 Å². The van der Waals surface area contributed by atoms with Crippen LogP contribution in [0.15, 0.2) is 18.3 Å². The van der Waals surface area contributed by atoms with Crippen molar-refractivity contribution in [1.29, 1.82) is 0 Å². The fourth-order valence-corrected chi connectivity index (χ4v) is 1.37. The molecule has 1 amide bonds. The molecule has 0 bridgehead atoms. The van der Waals surface area contributed by atoms with Crippen LogP contribution in [0.2, 0.25) is 0 Å². The maximum absolute atomic E-state index is 11.2. The molecule has 84 valence electrons. The monoisotopic (exact) mass is 208 g/mol. The van der Waals surface area contributed by atoms with Crippen molar-refractivity contribution < 1.29 is 6.22 Å². The molecule has 0 spiro atoms. The smallest absolute Gasteiger partial charge is 0.269 e. The summed E-state index contributed by atoms with van der Waals surface area (Å²) in [5.41, 5.74) is 1.76. The Morgan fingerprint density at radius 1 is 1.53 bits per heavy atom. The lowest BCUT2D eigenvalue weighted by Gasteiger charge is -2.01. The Bertz CT molecular complexity index is 338. The highest BCUT2D eigenvalue weighted by molar-refractivity contribution is 5.92. The Kier molecular flexibility index (Phi) is 4.28. The summed E-state index contributed by atoms with van der Waals surface area (Å²) in [6, 6.07) is 3.88. The van der Waals surface area contributed by atoms with Crippen LogP contribution in [-0.2, 0) is 0 Å². The van der Waals surface area contributed by atoms with Crippen LogP contribution in [0.4, 0.5) is 0 Å². The van der Waals surface area contributed by atoms with Gasteiger partial charge in [0.05, 0.1) is 0 Å². The van der Waals surface area contributed by atoms with Gasteiger partial charge in [-0.1, -0.05) is 13.8 Å². The van der Waals surface area contributed by atoms with Crippen LogP contribution in [-0.4, -0.2) is 17.9 Å². The molecule has 1 aliphatic carbocycles. The van der Waals surface area contributed by atoms with E-state index in [1.54, 1.807) is 13.2 Å². The van der Waals surface area contributed by atoms with Crippen molar-refractivity contribution in [1.82, 2.24) is 10.3 Å². The van der Waals surface area contributed by atoms with Crippen molar-refractivity contribution in [2.75, 3.05) is 7.05 Å². The number of amides is 1. The van der Waals surface area contributed by atoms with Gasteiger partial charge in [-0.25, -0.2) is 0 Å². The van der Waals surface area contributed by atoms with E-state index in [1.807, 2.05) is 26.0 Å². The Balaban J connectivity index is 0.000000711. The third-order valence-corrected chi connectivity index (χ3v) is 2.29. The van der Waals surface area contributed by atoms with Crippen LogP contribution in [0.3, 0.4) is 0 Å². The van der Waals surface area contributed by atoms with Crippen LogP contribution < -0.4 is 5.32 Å². The number of rotatable bonds is 2. The van der Waals surface area contributed by atoms with Crippen LogP contribution >= 0.6 is 0 Å². The van der Waals surface area contributed by atoms with Crippen molar-refractivity contribution >= 4 is 5.91 Å². The average Bonchev–Trinajstić information content (AvgIpc) is 3.15. The van der Waals surface area contributed by atoms with Gasteiger partial charge in [-0.2, -0.15) is 0 Å². The van der Waals surface area contributed by atoms with E-state index >= 15 is 0 Å². The minimum atomic E-state index is -0.109. The van der Waals surface area contributed by atoms with E-state index in [9.17, 15) is 4.79 Å². The molecule has 0 atom stereocenters. The molecule has 1 N–H and O–H groups in total. The number of hydrogen-bond donors (Lipinski definition) is 1. The second-order valence-corrected chi connectivity index (χ2v) is 3.33. The highest BCUT2D eigenvalue weighted by Gasteiger charge is 2.24. The van der Waals surface area contributed by atoms with Crippen molar-refractivity contribution in [3.8, 4) is 0 Å². The van der Waals surface area contributed by atoms with Gasteiger partial charge in [0.25, 0.3) is 5.91 Å².